The van der Waals surface area contributed by atoms with Gasteiger partial charge >= 0.3 is 0 Å². The summed E-state index contributed by atoms with van der Waals surface area (Å²) in [6, 6.07) is 8.84. The molecule has 2 nitrogen and oxygen atoms in total. The fourth-order valence-electron chi connectivity index (χ4n) is 1.68. The second kappa shape index (κ2) is 5.13. The Balaban J connectivity index is 2.51. The number of hydrogen-bond donors (Lipinski definition) is 1. The summed E-state index contributed by atoms with van der Waals surface area (Å²) in [6.07, 6.45) is 0. The number of nitrogens with zero attached hydrogens (tertiary/aromatic N) is 1. The number of hydrogen-bond acceptors (Lipinski definition) is 2. The predicted octanol–water partition coefficient (Wildman–Crippen LogP) is 1.77. The molecule has 0 spiro atoms. The van der Waals surface area contributed by atoms with Gasteiger partial charge in [-0.3, -0.25) is 0 Å². The second-order valence-electron chi connectivity index (χ2n) is 4.16. The molecule has 1 atom stereocenters. The third-order valence-corrected chi connectivity index (χ3v) is 2.13. The van der Waals surface area contributed by atoms with Crippen molar-refractivity contribution in [2.24, 2.45) is 5.73 Å². The number of rotatable bonds is 4. The monoisotopic (exact) mass is 192 g/mol. The van der Waals surface area contributed by atoms with E-state index in [-0.39, 0.29) is 6.04 Å². The second-order valence-corrected chi connectivity index (χ2v) is 4.16. The van der Waals surface area contributed by atoms with E-state index < -0.39 is 0 Å². The molecule has 14 heavy (non-hydrogen) atoms. The van der Waals surface area contributed by atoms with Crippen molar-refractivity contribution in [3.63, 3.8) is 0 Å². The summed E-state index contributed by atoms with van der Waals surface area (Å²) in [7, 11) is 2.10. The molecule has 78 valence electrons. The summed E-state index contributed by atoms with van der Waals surface area (Å²) in [5.74, 6) is 0. The Hall–Kier alpha value is -0.860. The van der Waals surface area contributed by atoms with E-state index in [1.165, 1.54) is 11.1 Å². The maximum absolute atomic E-state index is 5.74. The Morgan fingerprint density at radius 2 is 2.14 bits per heavy atom. The van der Waals surface area contributed by atoms with E-state index in [4.69, 9.17) is 5.73 Å². The Morgan fingerprint density at radius 3 is 2.71 bits per heavy atom. The van der Waals surface area contributed by atoms with Gasteiger partial charge in [0.05, 0.1) is 0 Å². The normalized spacial score (nSPS) is 13.2. The van der Waals surface area contributed by atoms with Crippen LogP contribution in [-0.4, -0.2) is 24.5 Å². The fourth-order valence-corrected chi connectivity index (χ4v) is 1.68. The first-order valence-corrected chi connectivity index (χ1v) is 5.07. The highest BCUT2D eigenvalue weighted by Gasteiger charge is 2.02. The highest BCUT2D eigenvalue weighted by Crippen LogP contribution is 2.06. The molecule has 0 aromatic heterocycles. The van der Waals surface area contributed by atoms with Crippen molar-refractivity contribution in [1.29, 1.82) is 0 Å². The lowest BCUT2D eigenvalue weighted by Gasteiger charge is -2.18. The minimum absolute atomic E-state index is 0.241. The molecule has 2 heteroatoms. The van der Waals surface area contributed by atoms with Crippen LogP contribution >= 0.6 is 0 Å². The Morgan fingerprint density at radius 1 is 1.43 bits per heavy atom. The number of aryl methyl sites for hydroxylation is 1. The molecule has 0 aliphatic carbocycles. The van der Waals surface area contributed by atoms with Gasteiger partial charge in [-0.1, -0.05) is 29.8 Å². The quantitative estimate of drug-likeness (QED) is 0.788. The molecule has 1 rings (SSSR count). The minimum atomic E-state index is 0.241. The van der Waals surface area contributed by atoms with Gasteiger partial charge in [-0.2, -0.15) is 0 Å². The SMILES string of the molecule is Cc1cccc(CN(C)C[C@H](C)N)c1. The largest absolute Gasteiger partial charge is 0.327 e. The van der Waals surface area contributed by atoms with Gasteiger partial charge in [0.15, 0.2) is 0 Å². The predicted molar refractivity (Wildman–Crippen MR) is 61.2 cm³/mol. The molecular weight excluding hydrogens is 172 g/mol. The van der Waals surface area contributed by atoms with Gasteiger partial charge < -0.3 is 10.6 Å². The van der Waals surface area contributed by atoms with Crippen LogP contribution in [0, 0.1) is 6.92 Å². The van der Waals surface area contributed by atoms with Crippen molar-refractivity contribution in [2.75, 3.05) is 13.6 Å². The number of benzene rings is 1. The van der Waals surface area contributed by atoms with Crippen molar-refractivity contribution >= 4 is 0 Å². The number of likely N-dealkylation sites (N-methyl/N-ethyl adjacent to an activating group) is 1. The summed E-state index contributed by atoms with van der Waals surface area (Å²) in [5, 5.41) is 0. The van der Waals surface area contributed by atoms with Gasteiger partial charge in [0, 0.05) is 19.1 Å². The van der Waals surface area contributed by atoms with E-state index in [1.807, 2.05) is 6.92 Å². The first-order chi connectivity index (χ1) is 6.58. The summed E-state index contributed by atoms with van der Waals surface area (Å²) >= 11 is 0. The van der Waals surface area contributed by atoms with Crippen molar-refractivity contribution in [2.45, 2.75) is 26.4 Å². The van der Waals surface area contributed by atoms with E-state index in [1.54, 1.807) is 0 Å². The third kappa shape index (κ3) is 3.90. The van der Waals surface area contributed by atoms with E-state index in [0.29, 0.717) is 0 Å². The Labute approximate surface area is 86.7 Å². The van der Waals surface area contributed by atoms with Gasteiger partial charge in [-0.15, -0.1) is 0 Å². The molecule has 0 saturated carbocycles. The fraction of sp³-hybridized carbons (Fsp3) is 0.500. The van der Waals surface area contributed by atoms with Gasteiger partial charge in [0.25, 0.3) is 0 Å². The van der Waals surface area contributed by atoms with Crippen LogP contribution in [-0.2, 0) is 6.54 Å². The van der Waals surface area contributed by atoms with E-state index >= 15 is 0 Å². The molecule has 0 bridgehead atoms. The average molecular weight is 192 g/mol. The van der Waals surface area contributed by atoms with Crippen molar-refractivity contribution in [3.05, 3.63) is 35.4 Å². The van der Waals surface area contributed by atoms with Crippen LogP contribution < -0.4 is 5.73 Å². The summed E-state index contributed by atoms with van der Waals surface area (Å²) in [5.41, 5.74) is 8.41. The lowest BCUT2D eigenvalue weighted by molar-refractivity contribution is 0.310. The van der Waals surface area contributed by atoms with E-state index in [0.717, 1.165) is 13.1 Å². The van der Waals surface area contributed by atoms with Crippen LogP contribution in [0.5, 0.6) is 0 Å². The van der Waals surface area contributed by atoms with Crippen molar-refractivity contribution in [3.8, 4) is 0 Å². The molecule has 0 unspecified atom stereocenters. The van der Waals surface area contributed by atoms with Crippen LogP contribution in [0.25, 0.3) is 0 Å². The van der Waals surface area contributed by atoms with Gasteiger partial charge in [-0.25, -0.2) is 0 Å². The molecule has 0 heterocycles. The van der Waals surface area contributed by atoms with Gasteiger partial charge in [0.2, 0.25) is 0 Å². The standard InChI is InChI=1S/C12H20N2/c1-10-5-4-6-12(7-10)9-14(3)8-11(2)13/h4-7,11H,8-9,13H2,1-3H3/t11-/m0/s1. The lowest BCUT2D eigenvalue weighted by atomic mass is 10.1. The molecule has 2 N–H and O–H groups in total. The maximum atomic E-state index is 5.74. The summed E-state index contributed by atoms with van der Waals surface area (Å²) in [4.78, 5) is 2.25. The zero-order chi connectivity index (χ0) is 10.6. The van der Waals surface area contributed by atoms with Crippen LogP contribution in [0.3, 0.4) is 0 Å². The van der Waals surface area contributed by atoms with Crippen LogP contribution in [0.2, 0.25) is 0 Å². The lowest BCUT2D eigenvalue weighted by Crippen LogP contribution is -2.32. The zero-order valence-corrected chi connectivity index (χ0v) is 9.33. The first-order valence-electron chi connectivity index (χ1n) is 5.07. The minimum Gasteiger partial charge on any atom is -0.327 e. The van der Waals surface area contributed by atoms with Crippen LogP contribution in [0.4, 0.5) is 0 Å². The van der Waals surface area contributed by atoms with Crippen LogP contribution in [0.1, 0.15) is 18.1 Å². The number of nitrogens with two attached hydrogens (primary N) is 1. The average Bonchev–Trinajstić information content (AvgIpc) is 2.01. The van der Waals surface area contributed by atoms with Crippen LogP contribution in [0.15, 0.2) is 24.3 Å². The van der Waals surface area contributed by atoms with Gasteiger partial charge in [-0.05, 0) is 26.5 Å². The maximum Gasteiger partial charge on any atom is 0.0231 e. The van der Waals surface area contributed by atoms with E-state index in [2.05, 4.69) is 43.1 Å². The molecule has 1 aromatic carbocycles. The topological polar surface area (TPSA) is 29.3 Å². The van der Waals surface area contributed by atoms with Crippen molar-refractivity contribution in [1.82, 2.24) is 4.90 Å². The molecule has 0 aliphatic rings. The summed E-state index contributed by atoms with van der Waals surface area (Å²) in [6.45, 7) is 6.07. The van der Waals surface area contributed by atoms with E-state index in [9.17, 15) is 0 Å². The molecule has 0 saturated heterocycles. The third-order valence-electron chi connectivity index (χ3n) is 2.13. The zero-order valence-electron chi connectivity index (χ0n) is 9.33. The highest BCUT2D eigenvalue weighted by atomic mass is 15.1. The molecule has 0 radical (unpaired) electrons. The Bertz CT molecular complexity index is 281. The summed E-state index contributed by atoms with van der Waals surface area (Å²) < 4.78 is 0. The van der Waals surface area contributed by atoms with Crippen molar-refractivity contribution < 1.29 is 0 Å². The highest BCUT2D eigenvalue weighted by molar-refractivity contribution is 5.21. The molecule has 1 aromatic rings. The Kier molecular flexibility index (Phi) is 4.11. The molecular formula is C12H20N2. The molecule has 0 aliphatic heterocycles. The smallest absolute Gasteiger partial charge is 0.0231 e. The van der Waals surface area contributed by atoms with Gasteiger partial charge in [0.1, 0.15) is 0 Å². The molecule has 0 fully saturated rings. The first kappa shape index (κ1) is 11.2. The molecule has 0 amide bonds.